The second-order valence-corrected chi connectivity index (χ2v) is 7.34. The molecule has 0 fully saturated rings. The number of halogens is 2. The van der Waals surface area contributed by atoms with E-state index >= 15 is 0 Å². The number of nitrogens with two attached hydrogens (primary N) is 1. The SMILES string of the molecule is COC(=O)c1ccc(-c2cc(C(F)F)nn2-c2ccc(S(N)(=O)=O)cc2)cc1. The maximum atomic E-state index is 13.2. The lowest BCUT2D eigenvalue weighted by atomic mass is 10.1. The zero-order valence-corrected chi connectivity index (χ0v) is 15.4. The van der Waals surface area contributed by atoms with E-state index in [-0.39, 0.29) is 4.90 Å². The standard InChI is InChI=1S/C18H15F2N3O4S/c1-27-18(24)12-4-2-11(3-5-12)16-10-15(17(19)20)22-23(16)13-6-8-14(9-7-13)28(21,25)26/h2-10,17H,1H3,(H2,21,25,26). The van der Waals surface area contributed by atoms with Crippen molar-refractivity contribution >= 4 is 16.0 Å². The van der Waals surface area contributed by atoms with Gasteiger partial charge in [0.2, 0.25) is 10.0 Å². The van der Waals surface area contributed by atoms with E-state index in [0.29, 0.717) is 22.5 Å². The molecule has 2 N–H and O–H groups in total. The van der Waals surface area contributed by atoms with Crippen molar-refractivity contribution in [2.75, 3.05) is 7.11 Å². The minimum Gasteiger partial charge on any atom is -0.465 e. The van der Waals surface area contributed by atoms with E-state index in [1.807, 2.05) is 0 Å². The van der Waals surface area contributed by atoms with Gasteiger partial charge >= 0.3 is 5.97 Å². The van der Waals surface area contributed by atoms with Crippen molar-refractivity contribution in [3.63, 3.8) is 0 Å². The Hall–Kier alpha value is -3.11. The number of benzene rings is 2. The fourth-order valence-electron chi connectivity index (χ4n) is 2.58. The van der Waals surface area contributed by atoms with E-state index in [9.17, 15) is 22.0 Å². The molecule has 7 nitrogen and oxygen atoms in total. The molecule has 3 rings (SSSR count). The van der Waals surface area contributed by atoms with Crippen LogP contribution in [0.25, 0.3) is 16.9 Å². The smallest absolute Gasteiger partial charge is 0.337 e. The minimum absolute atomic E-state index is 0.110. The molecule has 28 heavy (non-hydrogen) atoms. The number of nitrogens with zero attached hydrogens (tertiary/aromatic N) is 2. The minimum atomic E-state index is -3.88. The number of methoxy groups -OCH3 is 1. The van der Waals surface area contributed by atoms with Crippen LogP contribution in [0, 0.1) is 0 Å². The number of primary sulfonamides is 1. The van der Waals surface area contributed by atoms with Crippen molar-refractivity contribution in [2.45, 2.75) is 11.3 Å². The summed E-state index contributed by atoms with van der Waals surface area (Å²) in [7, 11) is -2.63. The number of hydrogen-bond donors (Lipinski definition) is 1. The lowest BCUT2D eigenvalue weighted by molar-refractivity contribution is 0.0600. The molecule has 1 aromatic heterocycles. The third-order valence-electron chi connectivity index (χ3n) is 3.96. The molecule has 0 aliphatic heterocycles. The highest BCUT2D eigenvalue weighted by atomic mass is 32.2. The topological polar surface area (TPSA) is 104 Å². The van der Waals surface area contributed by atoms with Crippen LogP contribution >= 0.6 is 0 Å². The van der Waals surface area contributed by atoms with Gasteiger partial charge in [0.1, 0.15) is 5.69 Å². The third-order valence-corrected chi connectivity index (χ3v) is 4.89. The van der Waals surface area contributed by atoms with Crippen LogP contribution in [0.5, 0.6) is 0 Å². The van der Waals surface area contributed by atoms with Gasteiger partial charge < -0.3 is 4.74 Å². The Balaban J connectivity index is 2.08. The van der Waals surface area contributed by atoms with Crippen LogP contribution in [-0.4, -0.2) is 31.3 Å². The Bertz CT molecular complexity index is 1110. The van der Waals surface area contributed by atoms with E-state index in [2.05, 4.69) is 9.84 Å². The molecular weight excluding hydrogens is 392 g/mol. The Morgan fingerprint density at radius 1 is 1.11 bits per heavy atom. The molecule has 146 valence electrons. The van der Waals surface area contributed by atoms with E-state index in [4.69, 9.17) is 5.14 Å². The summed E-state index contributed by atoms with van der Waals surface area (Å²) in [4.78, 5) is 11.4. The number of rotatable bonds is 5. The zero-order valence-electron chi connectivity index (χ0n) is 14.5. The van der Waals surface area contributed by atoms with Crippen LogP contribution in [0.1, 0.15) is 22.5 Å². The van der Waals surface area contributed by atoms with Gasteiger partial charge in [0.15, 0.2) is 0 Å². The summed E-state index contributed by atoms with van der Waals surface area (Å²) in [6, 6.07) is 12.7. The van der Waals surface area contributed by atoms with Crippen LogP contribution in [0.2, 0.25) is 0 Å². The molecule has 0 saturated carbocycles. The number of hydrogen-bond acceptors (Lipinski definition) is 5. The highest BCUT2D eigenvalue weighted by molar-refractivity contribution is 7.89. The van der Waals surface area contributed by atoms with Crippen molar-refractivity contribution in [1.82, 2.24) is 9.78 Å². The van der Waals surface area contributed by atoms with Crippen LogP contribution in [0.3, 0.4) is 0 Å². The molecule has 0 unspecified atom stereocenters. The number of carbonyl (C=O) groups excluding carboxylic acids is 1. The molecule has 3 aromatic rings. The summed E-state index contributed by atoms with van der Waals surface area (Å²) in [5.41, 5.74) is 1.11. The molecule has 0 spiro atoms. The molecular formula is C18H15F2N3O4S. The first-order valence-electron chi connectivity index (χ1n) is 7.91. The molecule has 0 amide bonds. The first kappa shape index (κ1) is 19.6. The monoisotopic (exact) mass is 407 g/mol. The number of aromatic nitrogens is 2. The van der Waals surface area contributed by atoms with Gasteiger partial charge in [0.25, 0.3) is 6.43 Å². The van der Waals surface area contributed by atoms with Crippen LogP contribution < -0.4 is 5.14 Å². The van der Waals surface area contributed by atoms with Gasteiger partial charge in [-0.2, -0.15) is 5.10 Å². The molecule has 0 aliphatic rings. The largest absolute Gasteiger partial charge is 0.465 e. The highest BCUT2D eigenvalue weighted by Gasteiger charge is 2.18. The van der Waals surface area contributed by atoms with Crippen molar-refractivity contribution in [1.29, 1.82) is 0 Å². The van der Waals surface area contributed by atoms with E-state index in [1.165, 1.54) is 54.3 Å². The van der Waals surface area contributed by atoms with Crippen molar-refractivity contribution in [2.24, 2.45) is 5.14 Å². The summed E-state index contributed by atoms with van der Waals surface area (Å²) in [5.74, 6) is -0.521. The Kier molecular flexibility index (Phi) is 5.25. The third kappa shape index (κ3) is 3.92. The number of ether oxygens (including phenoxy) is 1. The number of carbonyl (C=O) groups is 1. The summed E-state index contributed by atoms with van der Waals surface area (Å²) >= 11 is 0. The lowest BCUT2D eigenvalue weighted by Crippen LogP contribution is -2.12. The van der Waals surface area contributed by atoms with E-state index in [0.717, 1.165) is 0 Å². The summed E-state index contributed by atoms with van der Waals surface area (Å²) in [6.45, 7) is 0. The molecule has 0 bridgehead atoms. The Morgan fingerprint density at radius 3 is 2.21 bits per heavy atom. The second kappa shape index (κ2) is 7.49. The zero-order chi connectivity index (χ0) is 20.5. The lowest BCUT2D eigenvalue weighted by Gasteiger charge is -2.09. The molecule has 0 atom stereocenters. The molecule has 1 heterocycles. The van der Waals surface area contributed by atoms with Gasteiger partial charge in [-0.05, 0) is 42.5 Å². The first-order valence-corrected chi connectivity index (χ1v) is 9.45. The summed E-state index contributed by atoms with van der Waals surface area (Å²) in [6.07, 6.45) is -2.79. The first-order chi connectivity index (χ1) is 13.2. The second-order valence-electron chi connectivity index (χ2n) is 5.77. The van der Waals surface area contributed by atoms with Gasteiger partial charge in [-0.15, -0.1) is 0 Å². The number of esters is 1. The van der Waals surface area contributed by atoms with Crippen LogP contribution in [0.4, 0.5) is 8.78 Å². The average molecular weight is 407 g/mol. The summed E-state index contributed by atoms with van der Waals surface area (Å²) in [5, 5.41) is 8.99. The molecule has 10 heteroatoms. The van der Waals surface area contributed by atoms with E-state index in [1.54, 1.807) is 12.1 Å². The predicted octanol–water partition coefficient (Wildman–Crippen LogP) is 2.91. The fourth-order valence-corrected chi connectivity index (χ4v) is 3.10. The van der Waals surface area contributed by atoms with Crippen molar-refractivity contribution < 1.29 is 26.7 Å². The van der Waals surface area contributed by atoms with Crippen LogP contribution in [0.15, 0.2) is 59.5 Å². The number of alkyl halides is 2. The van der Waals surface area contributed by atoms with E-state index < -0.39 is 28.1 Å². The number of sulfonamides is 1. The van der Waals surface area contributed by atoms with Gasteiger partial charge in [-0.25, -0.2) is 31.8 Å². The normalized spacial score (nSPS) is 11.6. The van der Waals surface area contributed by atoms with Crippen LogP contribution in [-0.2, 0) is 14.8 Å². The molecule has 0 aliphatic carbocycles. The quantitative estimate of drug-likeness (QED) is 0.655. The predicted molar refractivity (Wildman–Crippen MR) is 96.7 cm³/mol. The van der Waals surface area contributed by atoms with Gasteiger partial charge in [-0.1, -0.05) is 12.1 Å². The van der Waals surface area contributed by atoms with Crippen molar-refractivity contribution in [3.8, 4) is 16.9 Å². The Labute approximate surface area is 159 Å². The molecule has 0 saturated heterocycles. The Morgan fingerprint density at radius 2 is 1.71 bits per heavy atom. The highest BCUT2D eigenvalue weighted by Crippen LogP contribution is 2.29. The summed E-state index contributed by atoms with van der Waals surface area (Å²) < 4.78 is 55.1. The molecule has 0 radical (unpaired) electrons. The maximum absolute atomic E-state index is 13.2. The fraction of sp³-hybridized carbons (Fsp3) is 0.111. The average Bonchev–Trinajstić information content (AvgIpc) is 3.12. The van der Waals surface area contributed by atoms with Gasteiger partial charge in [0, 0.05) is 5.56 Å². The van der Waals surface area contributed by atoms with Gasteiger partial charge in [-0.3, -0.25) is 0 Å². The maximum Gasteiger partial charge on any atom is 0.337 e. The molecule has 2 aromatic carbocycles. The van der Waals surface area contributed by atoms with Crippen molar-refractivity contribution in [3.05, 3.63) is 65.9 Å². The van der Waals surface area contributed by atoms with Gasteiger partial charge in [0.05, 0.1) is 29.0 Å².